The number of aromatic hydroxyl groups is 1. The van der Waals surface area contributed by atoms with Crippen LogP contribution in [0.15, 0.2) is 58.3 Å². The number of hydrogen-bond acceptors (Lipinski definition) is 5. The lowest BCUT2D eigenvalue weighted by Crippen LogP contribution is -2.21. The lowest BCUT2D eigenvalue weighted by atomic mass is 10.1. The highest BCUT2D eigenvalue weighted by Crippen LogP contribution is 2.30. The summed E-state index contributed by atoms with van der Waals surface area (Å²) in [4.78, 5) is 3.00. The van der Waals surface area contributed by atoms with Gasteiger partial charge in [-0.2, -0.15) is 13.2 Å². The standard InChI is InChI=1S/C18H23OS.C12H16OS.CHF3O3S/c1-2-3-10-19-17-8-6-16-14-18(9-7-15(16)13-17)20-11-4-5-12-20;1-9-7-11(8-10(2)12(9)13)14-5-3-4-6-14;2-1(3,4)8(5,6)7/h6-9,13-14H,2-5,10-12H2,1H3;7-8H,3-6H2,1-2H3;(H,5,6,7)/q+1;;. The first-order chi connectivity index (χ1) is 19.8. The van der Waals surface area contributed by atoms with Crippen molar-refractivity contribution in [2.45, 2.75) is 74.6 Å². The van der Waals surface area contributed by atoms with Crippen LogP contribution in [0.2, 0.25) is 0 Å². The monoisotopic (exact) mass is 645 g/mol. The van der Waals surface area contributed by atoms with Crippen LogP contribution < -0.4 is 4.74 Å². The first-order valence-electron chi connectivity index (χ1n) is 14.1. The zero-order valence-electron chi connectivity index (χ0n) is 24.3. The van der Waals surface area contributed by atoms with Crippen molar-refractivity contribution in [3.05, 3.63) is 59.7 Å². The van der Waals surface area contributed by atoms with Crippen LogP contribution in [-0.2, 0) is 31.9 Å². The number of halogens is 3. The van der Waals surface area contributed by atoms with Gasteiger partial charge < -0.3 is 14.4 Å². The van der Waals surface area contributed by atoms with E-state index in [9.17, 15) is 18.3 Å². The molecule has 1 N–H and O–H groups in total. The van der Waals surface area contributed by atoms with Crippen LogP contribution in [-0.4, -0.2) is 53.2 Å². The topological polar surface area (TPSA) is 86.7 Å². The highest BCUT2D eigenvalue weighted by molar-refractivity contribution is 7.97. The zero-order valence-corrected chi connectivity index (χ0v) is 26.8. The van der Waals surface area contributed by atoms with Gasteiger partial charge in [0, 0.05) is 27.9 Å². The highest BCUT2D eigenvalue weighted by Gasteiger charge is 2.37. The molecular formula is C31H40F3O5S3+. The molecule has 2 fully saturated rings. The Bertz CT molecular complexity index is 1390. The maximum absolute atomic E-state index is 10.7. The van der Waals surface area contributed by atoms with Crippen molar-refractivity contribution in [3.8, 4) is 11.5 Å². The molecule has 0 aromatic heterocycles. The third kappa shape index (κ3) is 9.99. The van der Waals surface area contributed by atoms with Gasteiger partial charge in [0.15, 0.2) is 19.9 Å². The van der Waals surface area contributed by atoms with E-state index < -0.39 is 15.6 Å². The summed E-state index contributed by atoms with van der Waals surface area (Å²) in [6.45, 7) is 7.00. The predicted molar refractivity (Wildman–Crippen MR) is 167 cm³/mol. The van der Waals surface area contributed by atoms with E-state index >= 15 is 0 Å². The number of hydrogen-bond donors (Lipinski definition) is 1. The van der Waals surface area contributed by atoms with Crippen molar-refractivity contribution >= 4 is 42.7 Å². The van der Waals surface area contributed by atoms with Crippen molar-refractivity contribution in [1.29, 1.82) is 0 Å². The number of unbranched alkanes of at least 4 members (excludes halogenated alkanes) is 1. The van der Waals surface area contributed by atoms with E-state index in [-0.39, 0.29) is 0 Å². The highest BCUT2D eigenvalue weighted by atomic mass is 32.2. The van der Waals surface area contributed by atoms with Crippen LogP contribution in [0, 0.1) is 13.8 Å². The molecule has 2 aliphatic heterocycles. The van der Waals surface area contributed by atoms with E-state index in [0.29, 0.717) is 27.5 Å². The van der Waals surface area contributed by atoms with E-state index in [1.807, 2.05) is 13.8 Å². The molecule has 2 saturated heterocycles. The SMILES string of the molecule is CCCCOc1ccc2cc([S+]3CCCC3)ccc2c1.Cc1cc([S+]2CCCC2)cc(C)c1O.O=S(=O)([O-])C(F)(F)F. The summed E-state index contributed by atoms with van der Waals surface area (Å²) >= 11 is 0. The Morgan fingerprint density at radius 2 is 1.31 bits per heavy atom. The van der Waals surface area contributed by atoms with Crippen LogP contribution >= 0.6 is 0 Å². The van der Waals surface area contributed by atoms with Crippen molar-refractivity contribution in [3.63, 3.8) is 0 Å². The van der Waals surface area contributed by atoms with Gasteiger partial charge in [-0.3, -0.25) is 0 Å². The van der Waals surface area contributed by atoms with Gasteiger partial charge in [-0.1, -0.05) is 19.4 Å². The molecule has 2 aliphatic rings. The molecule has 5 nitrogen and oxygen atoms in total. The fraction of sp³-hybridized carbons (Fsp3) is 0.484. The van der Waals surface area contributed by atoms with Crippen molar-refractivity contribution in [2.24, 2.45) is 0 Å². The molecule has 0 aliphatic carbocycles. The molecule has 0 saturated carbocycles. The van der Waals surface area contributed by atoms with E-state index in [2.05, 4.69) is 55.5 Å². The molecule has 0 radical (unpaired) electrons. The molecule has 0 unspecified atom stereocenters. The second kappa shape index (κ2) is 15.6. The second-order valence-electron chi connectivity index (χ2n) is 10.4. The molecule has 0 spiro atoms. The Balaban J connectivity index is 0.000000192. The van der Waals surface area contributed by atoms with Crippen molar-refractivity contribution in [2.75, 3.05) is 29.6 Å². The van der Waals surface area contributed by atoms with Gasteiger partial charge in [0.1, 0.15) is 34.5 Å². The van der Waals surface area contributed by atoms with Crippen LogP contribution in [0.5, 0.6) is 11.5 Å². The molecule has 5 rings (SSSR count). The number of phenolic OH excluding ortho intramolecular Hbond substituents is 1. The van der Waals surface area contributed by atoms with Crippen LogP contribution in [0.4, 0.5) is 13.2 Å². The van der Waals surface area contributed by atoms with E-state index in [1.54, 1.807) is 4.90 Å². The molecule has 232 valence electrons. The molecule has 11 heteroatoms. The lowest BCUT2D eigenvalue weighted by Gasteiger charge is -2.08. The quantitative estimate of drug-likeness (QED) is 0.129. The minimum absolute atomic E-state index is 0.469. The largest absolute Gasteiger partial charge is 0.741 e. The molecule has 3 aromatic carbocycles. The van der Waals surface area contributed by atoms with Crippen LogP contribution in [0.1, 0.15) is 56.6 Å². The van der Waals surface area contributed by atoms with Gasteiger partial charge in [0.25, 0.3) is 0 Å². The average molecular weight is 646 g/mol. The van der Waals surface area contributed by atoms with Crippen LogP contribution in [0.3, 0.4) is 0 Å². The molecular weight excluding hydrogens is 606 g/mol. The summed E-state index contributed by atoms with van der Waals surface area (Å²) in [5, 5.41) is 12.3. The predicted octanol–water partition coefficient (Wildman–Crippen LogP) is 7.62. The molecule has 0 atom stereocenters. The Hall–Kier alpha value is -2.08. The van der Waals surface area contributed by atoms with E-state index in [4.69, 9.17) is 17.7 Å². The van der Waals surface area contributed by atoms with Gasteiger partial charge in [0.05, 0.1) is 6.61 Å². The number of alkyl halides is 3. The number of phenols is 1. The van der Waals surface area contributed by atoms with Crippen molar-refractivity contribution < 1.29 is 36.0 Å². The van der Waals surface area contributed by atoms with Gasteiger partial charge in [0.2, 0.25) is 0 Å². The first-order valence-corrected chi connectivity index (χ1v) is 18.7. The average Bonchev–Trinajstić information content (AvgIpc) is 3.66. The van der Waals surface area contributed by atoms with Gasteiger partial charge in [-0.05, 0) is 104 Å². The first kappa shape index (κ1) is 34.4. The number of ether oxygens (including phenoxy) is 1. The molecule has 2 heterocycles. The Kier molecular flexibility index (Phi) is 12.8. The van der Waals surface area contributed by atoms with Gasteiger partial charge in [-0.15, -0.1) is 0 Å². The third-order valence-corrected chi connectivity index (χ3v) is 12.5. The van der Waals surface area contributed by atoms with E-state index in [0.717, 1.165) is 29.9 Å². The molecule has 0 amide bonds. The van der Waals surface area contributed by atoms with Crippen LogP contribution in [0.25, 0.3) is 10.8 Å². The summed E-state index contributed by atoms with van der Waals surface area (Å²) in [5.41, 5.74) is -3.59. The summed E-state index contributed by atoms with van der Waals surface area (Å²) in [6.07, 6.45) is 7.87. The maximum atomic E-state index is 10.7. The number of rotatable bonds is 6. The summed E-state index contributed by atoms with van der Waals surface area (Å²) in [5.74, 6) is 6.96. The molecule has 0 bridgehead atoms. The maximum Gasteiger partial charge on any atom is 0.485 e. The number of fused-ring (bicyclic) bond motifs is 1. The molecule has 3 aromatic rings. The summed E-state index contributed by atoms with van der Waals surface area (Å²) in [6, 6.07) is 17.8. The fourth-order valence-corrected chi connectivity index (χ4v) is 9.47. The normalized spacial score (nSPS) is 16.1. The minimum Gasteiger partial charge on any atom is -0.741 e. The van der Waals surface area contributed by atoms with Crippen molar-refractivity contribution in [1.82, 2.24) is 0 Å². The summed E-state index contributed by atoms with van der Waals surface area (Å²) in [7, 11) is -5.11. The number of aryl methyl sites for hydroxylation is 2. The smallest absolute Gasteiger partial charge is 0.485 e. The second-order valence-corrected chi connectivity index (χ2v) is 16.3. The molecule has 42 heavy (non-hydrogen) atoms. The Morgan fingerprint density at radius 3 is 1.81 bits per heavy atom. The Morgan fingerprint density at radius 1 is 0.833 bits per heavy atom. The van der Waals surface area contributed by atoms with Gasteiger partial charge in [-0.25, -0.2) is 8.42 Å². The minimum atomic E-state index is -6.09. The van der Waals surface area contributed by atoms with E-state index in [1.165, 1.54) is 70.8 Å². The number of benzene rings is 3. The summed E-state index contributed by atoms with van der Waals surface area (Å²) < 4.78 is 64.7. The third-order valence-electron chi connectivity index (χ3n) is 7.03. The fourth-order valence-electron chi connectivity index (χ4n) is 4.67. The zero-order chi connectivity index (χ0) is 30.9. The lowest BCUT2D eigenvalue weighted by molar-refractivity contribution is -0.0517. The Labute approximate surface area is 253 Å². The van der Waals surface area contributed by atoms with Gasteiger partial charge >= 0.3 is 5.51 Å².